The molecule has 5 nitrogen and oxygen atoms in total. The maximum Gasteiger partial charge on any atom is 0.0908 e. The van der Waals surface area contributed by atoms with Gasteiger partial charge in [0, 0.05) is 25.0 Å². The summed E-state index contributed by atoms with van der Waals surface area (Å²) in [5, 5.41) is 0. The molecule has 0 radical (unpaired) electrons. The van der Waals surface area contributed by atoms with Gasteiger partial charge in [0.1, 0.15) is 0 Å². The van der Waals surface area contributed by atoms with E-state index in [-0.39, 0.29) is 6.04 Å². The molecule has 0 aromatic heterocycles. The summed E-state index contributed by atoms with van der Waals surface area (Å²) in [6.45, 7) is 18.2. The lowest BCUT2D eigenvalue weighted by Crippen LogP contribution is -2.36. The van der Waals surface area contributed by atoms with Crippen molar-refractivity contribution in [3.8, 4) is 0 Å². The average molecular weight is 441 g/mol. The SMILES string of the molecule is COCCOCCOCC1CN(c2c(C)cc(C)cc2C)CN1c1c(C)cc(C)cc1C. The van der Waals surface area contributed by atoms with Gasteiger partial charge in [0.2, 0.25) is 0 Å². The third-order valence-electron chi connectivity index (χ3n) is 6.18. The van der Waals surface area contributed by atoms with Crippen LogP contribution in [0.2, 0.25) is 0 Å². The molecule has 5 heteroatoms. The largest absolute Gasteiger partial charge is 0.382 e. The number of hydrogen-bond acceptors (Lipinski definition) is 5. The third kappa shape index (κ3) is 5.83. The topological polar surface area (TPSA) is 34.2 Å². The second-order valence-electron chi connectivity index (χ2n) is 9.16. The van der Waals surface area contributed by atoms with Gasteiger partial charge in [-0.2, -0.15) is 0 Å². The Morgan fingerprint density at radius 1 is 0.719 bits per heavy atom. The molecule has 0 spiro atoms. The highest BCUT2D eigenvalue weighted by atomic mass is 16.5. The van der Waals surface area contributed by atoms with Crippen molar-refractivity contribution < 1.29 is 14.2 Å². The molecule has 0 aliphatic carbocycles. The molecule has 2 aromatic rings. The highest BCUT2D eigenvalue weighted by molar-refractivity contribution is 5.67. The zero-order valence-electron chi connectivity index (χ0n) is 21.0. The highest BCUT2D eigenvalue weighted by Gasteiger charge is 2.33. The normalized spacial score (nSPS) is 16.3. The van der Waals surface area contributed by atoms with Crippen molar-refractivity contribution in [3.63, 3.8) is 0 Å². The average Bonchev–Trinajstić information content (AvgIpc) is 3.08. The fraction of sp³-hybridized carbons (Fsp3) is 0.556. The van der Waals surface area contributed by atoms with E-state index < -0.39 is 0 Å². The Kier molecular flexibility index (Phi) is 8.57. The first kappa shape index (κ1) is 24.6. The minimum atomic E-state index is 0.286. The summed E-state index contributed by atoms with van der Waals surface area (Å²) < 4.78 is 16.7. The Morgan fingerprint density at radius 2 is 1.22 bits per heavy atom. The van der Waals surface area contributed by atoms with Gasteiger partial charge in [-0.25, -0.2) is 0 Å². The lowest BCUT2D eigenvalue weighted by atomic mass is 10.0. The summed E-state index contributed by atoms with van der Waals surface area (Å²) in [4.78, 5) is 5.06. The van der Waals surface area contributed by atoms with Crippen LogP contribution in [0.1, 0.15) is 33.4 Å². The standard InChI is InChI=1S/C27H40N2O3/c1-19-12-21(3)26(22(4)13-19)28-16-25(17-32-11-10-31-9-8-30-7)29(18-28)27-23(5)14-20(2)15-24(27)6/h12-15,25H,8-11,16-18H2,1-7H3. The summed E-state index contributed by atoms with van der Waals surface area (Å²) in [7, 11) is 1.69. The van der Waals surface area contributed by atoms with Gasteiger partial charge in [-0.05, 0) is 63.8 Å². The molecule has 2 aromatic carbocycles. The van der Waals surface area contributed by atoms with Gasteiger partial charge in [0.15, 0.2) is 0 Å². The lowest BCUT2D eigenvalue weighted by molar-refractivity contribution is 0.0225. The molecule has 1 atom stereocenters. The molecule has 1 saturated heterocycles. The molecule has 32 heavy (non-hydrogen) atoms. The number of methoxy groups -OCH3 is 1. The Bertz CT molecular complexity index is 866. The van der Waals surface area contributed by atoms with Gasteiger partial charge in [-0.15, -0.1) is 0 Å². The molecule has 1 fully saturated rings. The van der Waals surface area contributed by atoms with Crippen LogP contribution in [0.5, 0.6) is 0 Å². The Morgan fingerprint density at radius 3 is 1.78 bits per heavy atom. The van der Waals surface area contributed by atoms with Crippen LogP contribution in [0.25, 0.3) is 0 Å². The summed E-state index contributed by atoms with van der Waals surface area (Å²) in [5.41, 5.74) is 10.7. The Balaban J connectivity index is 1.79. The van der Waals surface area contributed by atoms with E-state index in [2.05, 4.69) is 75.6 Å². The van der Waals surface area contributed by atoms with Gasteiger partial charge in [-0.3, -0.25) is 0 Å². The Labute approximate surface area is 194 Å². The smallest absolute Gasteiger partial charge is 0.0908 e. The van der Waals surface area contributed by atoms with Crippen LogP contribution < -0.4 is 9.80 Å². The molecular formula is C27H40N2O3. The summed E-state index contributed by atoms with van der Waals surface area (Å²) in [5.74, 6) is 0. The van der Waals surface area contributed by atoms with Crippen molar-refractivity contribution in [3.05, 3.63) is 57.6 Å². The fourth-order valence-corrected chi connectivity index (χ4v) is 5.15. The van der Waals surface area contributed by atoms with Crippen molar-refractivity contribution in [2.45, 2.75) is 47.6 Å². The van der Waals surface area contributed by atoms with E-state index in [4.69, 9.17) is 14.2 Å². The van der Waals surface area contributed by atoms with Crippen LogP contribution in [0.15, 0.2) is 24.3 Å². The van der Waals surface area contributed by atoms with Crippen molar-refractivity contribution in [2.75, 3.05) is 63.2 Å². The van der Waals surface area contributed by atoms with E-state index in [0.717, 1.165) is 13.2 Å². The molecule has 1 unspecified atom stereocenters. The minimum absolute atomic E-state index is 0.286. The lowest BCUT2D eigenvalue weighted by Gasteiger charge is -2.29. The molecule has 1 aliphatic rings. The maximum absolute atomic E-state index is 6.08. The van der Waals surface area contributed by atoms with Crippen molar-refractivity contribution in [1.82, 2.24) is 0 Å². The van der Waals surface area contributed by atoms with Gasteiger partial charge in [-0.1, -0.05) is 35.4 Å². The molecular weight excluding hydrogens is 400 g/mol. The summed E-state index contributed by atoms with van der Waals surface area (Å²) >= 11 is 0. The van der Waals surface area contributed by atoms with E-state index in [9.17, 15) is 0 Å². The van der Waals surface area contributed by atoms with Crippen LogP contribution in [0, 0.1) is 41.5 Å². The van der Waals surface area contributed by atoms with Gasteiger partial charge >= 0.3 is 0 Å². The molecule has 0 saturated carbocycles. The maximum atomic E-state index is 6.08. The molecule has 176 valence electrons. The molecule has 0 amide bonds. The van der Waals surface area contributed by atoms with Gasteiger partial charge < -0.3 is 24.0 Å². The number of hydrogen-bond donors (Lipinski definition) is 0. The second-order valence-corrected chi connectivity index (χ2v) is 9.16. The van der Waals surface area contributed by atoms with E-state index in [0.29, 0.717) is 33.0 Å². The van der Waals surface area contributed by atoms with Gasteiger partial charge in [0.25, 0.3) is 0 Å². The first-order valence-corrected chi connectivity index (χ1v) is 11.6. The van der Waals surface area contributed by atoms with E-state index >= 15 is 0 Å². The number of anilines is 2. The molecule has 3 rings (SSSR count). The van der Waals surface area contributed by atoms with Crippen LogP contribution in [0.4, 0.5) is 11.4 Å². The third-order valence-corrected chi connectivity index (χ3v) is 6.18. The Hall–Kier alpha value is -2.08. The zero-order chi connectivity index (χ0) is 23.3. The van der Waals surface area contributed by atoms with Crippen LogP contribution >= 0.6 is 0 Å². The van der Waals surface area contributed by atoms with Crippen LogP contribution in [0.3, 0.4) is 0 Å². The van der Waals surface area contributed by atoms with Crippen molar-refractivity contribution >= 4 is 11.4 Å². The summed E-state index contributed by atoms with van der Waals surface area (Å²) in [6.07, 6.45) is 0. The number of rotatable bonds is 10. The van der Waals surface area contributed by atoms with E-state index in [1.165, 1.54) is 44.8 Å². The quantitative estimate of drug-likeness (QED) is 0.493. The van der Waals surface area contributed by atoms with E-state index in [1.807, 2.05) is 0 Å². The number of benzene rings is 2. The number of aryl methyl sites for hydroxylation is 6. The minimum Gasteiger partial charge on any atom is -0.382 e. The fourth-order valence-electron chi connectivity index (χ4n) is 5.15. The monoisotopic (exact) mass is 440 g/mol. The first-order chi connectivity index (χ1) is 15.3. The highest BCUT2D eigenvalue weighted by Crippen LogP contribution is 2.35. The number of ether oxygens (including phenoxy) is 3. The van der Waals surface area contributed by atoms with Crippen LogP contribution in [-0.4, -0.2) is 59.4 Å². The van der Waals surface area contributed by atoms with Crippen molar-refractivity contribution in [1.29, 1.82) is 0 Å². The molecule has 1 heterocycles. The van der Waals surface area contributed by atoms with Crippen LogP contribution in [-0.2, 0) is 14.2 Å². The second kappa shape index (κ2) is 11.2. The summed E-state index contributed by atoms with van der Waals surface area (Å²) in [6, 6.07) is 9.44. The first-order valence-electron chi connectivity index (χ1n) is 11.6. The molecule has 0 bridgehead atoms. The predicted molar refractivity (Wildman–Crippen MR) is 133 cm³/mol. The molecule has 1 aliphatic heterocycles. The predicted octanol–water partition coefficient (Wildman–Crippen LogP) is 4.87. The zero-order valence-corrected chi connectivity index (χ0v) is 21.0. The number of nitrogens with zero attached hydrogens (tertiary/aromatic N) is 2. The van der Waals surface area contributed by atoms with Gasteiger partial charge in [0.05, 0.1) is 45.7 Å². The van der Waals surface area contributed by atoms with Crippen molar-refractivity contribution in [2.24, 2.45) is 0 Å². The van der Waals surface area contributed by atoms with E-state index in [1.54, 1.807) is 7.11 Å². The molecule has 0 N–H and O–H groups in total.